The minimum absolute atomic E-state index is 0.810. The van der Waals surface area contributed by atoms with Crippen molar-refractivity contribution in [2.75, 3.05) is 0 Å². The summed E-state index contributed by atoms with van der Waals surface area (Å²) in [6, 6.07) is 9.15. The molecule has 131 valence electrons. The Hall–Kier alpha value is -0.780. The van der Waals surface area contributed by atoms with E-state index in [1.165, 1.54) is 96.3 Å². The van der Waals surface area contributed by atoms with Crippen LogP contribution in [0.5, 0.6) is 0 Å². The first-order chi connectivity index (χ1) is 11.9. The largest absolute Gasteiger partial charge is 0.0546 e. The number of rotatable bonds is 3. The lowest BCUT2D eigenvalue weighted by Gasteiger charge is -2.29. The van der Waals surface area contributed by atoms with Crippen molar-refractivity contribution in [2.24, 2.45) is 0 Å². The second-order valence-electron chi connectivity index (χ2n) is 8.83. The molecule has 4 rings (SSSR count). The molecule has 0 unspecified atom stereocenters. The molecule has 0 N–H and O–H groups in total. The van der Waals surface area contributed by atoms with Crippen molar-refractivity contribution in [3.05, 3.63) is 34.9 Å². The van der Waals surface area contributed by atoms with Crippen LogP contribution in [0.2, 0.25) is 0 Å². The van der Waals surface area contributed by atoms with Crippen molar-refractivity contribution >= 4 is 0 Å². The Morgan fingerprint density at radius 3 is 1.29 bits per heavy atom. The number of benzene rings is 1. The van der Waals surface area contributed by atoms with Gasteiger partial charge in [0.25, 0.3) is 0 Å². The molecule has 0 heteroatoms. The zero-order chi connectivity index (χ0) is 16.2. The van der Waals surface area contributed by atoms with E-state index in [0.29, 0.717) is 0 Å². The van der Waals surface area contributed by atoms with Gasteiger partial charge in [0, 0.05) is 0 Å². The summed E-state index contributed by atoms with van der Waals surface area (Å²) in [5.41, 5.74) is 4.88. The van der Waals surface area contributed by atoms with Gasteiger partial charge in [-0.15, -0.1) is 0 Å². The maximum absolute atomic E-state index is 3.96. The summed E-state index contributed by atoms with van der Waals surface area (Å²) in [6.07, 6.45) is 21.5. The van der Waals surface area contributed by atoms with Gasteiger partial charge in [-0.25, -0.2) is 0 Å². The first-order valence-electron chi connectivity index (χ1n) is 11.0. The Kier molecular flexibility index (Phi) is 5.60. The molecular formula is C24H35. The molecule has 24 heavy (non-hydrogen) atoms. The van der Waals surface area contributed by atoms with E-state index in [4.69, 9.17) is 0 Å². The first kappa shape index (κ1) is 16.7. The molecule has 3 aliphatic carbocycles. The Morgan fingerprint density at radius 1 is 0.500 bits per heavy atom. The third kappa shape index (κ3) is 3.89. The molecule has 3 saturated carbocycles. The zero-order valence-corrected chi connectivity index (χ0v) is 15.5. The highest BCUT2D eigenvalue weighted by molar-refractivity contribution is 5.35. The van der Waals surface area contributed by atoms with E-state index in [0.717, 1.165) is 17.8 Å². The van der Waals surface area contributed by atoms with E-state index >= 15 is 0 Å². The van der Waals surface area contributed by atoms with Crippen LogP contribution >= 0.6 is 0 Å². The Labute approximate surface area is 149 Å². The molecular weight excluding hydrogens is 288 g/mol. The lowest BCUT2D eigenvalue weighted by Crippen LogP contribution is -2.12. The summed E-state index contributed by atoms with van der Waals surface area (Å²) in [6.45, 7) is 0. The lowest BCUT2D eigenvalue weighted by atomic mass is 9.76. The van der Waals surface area contributed by atoms with Gasteiger partial charge in [0.2, 0.25) is 0 Å². The van der Waals surface area contributed by atoms with Gasteiger partial charge < -0.3 is 0 Å². The molecule has 1 radical (unpaired) electrons. The number of hydrogen-bond donors (Lipinski definition) is 0. The molecule has 0 atom stereocenters. The minimum atomic E-state index is 0.810. The monoisotopic (exact) mass is 323 g/mol. The number of hydrogen-bond acceptors (Lipinski definition) is 0. The Morgan fingerprint density at radius 2 is 0.875 bits per heavy atom. The highest BCUT2D eigenvalue weighted by atomic mass is 14.3. The van der Waals surface area contributed by atoms with Crippen molar-refractivity contribution < 1.29 is 0 Å². The van der Waals surface area contributed by atoms with Gasteiger partial charge in [0.1, 0.15) is 0 Å². The summed E-state index contributed by atoms with van der Waals surface area (Å²) >= 11 is 0. The van der Waals surface area contributed by atoms with E-state index in [2.05, 4.69) is 18.2 Å². The summed E-state index contributed by atoms with van der Waals surface area (Å²) in [7, 11) is 0. The Bertz CT molecular complexity index is 422. The van der Waals surface area contributed by atoms with Crippen LogP contribution in [0.1, 0.15) is 131 Å². The highest BCUT2D eigenvalue weighted by Gasteiger charge is 2.23. The average molecular weight is 324 g/mol. The van der Waals surface area contributed by atoms with Crippen molar-refractivity contribution in [1.29, 1.82) is 0 Å². The first-order valence-corrected chi connectivity index (χ1v) is 11.0. The lowest BCUT2D eigenvalue weighted by molar-refractivity contribution is 0.427. The van der Waals surface area contributed by atoms with E-state index in [9.17, 15) is 0 Å². The van der Waals surface area contributed by atoms with Crippen LogP contribution in [0, 0.1) is 6.07 Å². The fourth-order valence-corrected chi connectivity index (χ4v) is 5.58. The van der Waals surface area contributed by atoms with Crippen LogP contribution in [0.4, 0.5) is 0 Å². The fourth-order valence-electron chi connectivity index (χ4n) is 5.58. The van der Waals surface area contributed by atoms with E-state index in [-0.39, 0.29) is 0 Å². The average Bonchev–Trinajstić information content (AvgIpc) is 2.70. The quantitative estimate of drug-likeness (QED) is 0.536. The zero-order valence-electron chi connectivity index (χ0n) is 15.5. The molecule has 0 heterocycles. The summed E-state index contributed by atoms with van der Waals surface area (Å²) in [4.78, 5) is 0. The van der Waals surface area contributed by atoms with Crippen molar-refractivity contribution in [3.8, 4) is 0 Å². The van der Waals surface area contributed by atoms with Crippen LogP contribution in [-0.4, -0.2) is 0 Å². The molecule has 1 aromatic carbocycles. The normalized spacial score (nSPS) is 25.0. The maximum Gasteiger partial charge on any atom is -0.0108 e. The van der Waals surface area contributed by atoms with Crippen molar-refractivity contribution in [1.82, 2.24) is 0 Å². The van der Waals surface area contributed by atoms with Crippen LogP contribution in [-0.2, 0) is 0 Å². The van der Waals surface area contributed by atoms with Crippen LogP contribution in [0.15, 0.2) is 12.1 Å². The predicted octanol–water partition coefficient (Wildman–Crippen LogP) is 7.63. The van der Waals surface area contributed by atoms with E-state index in [1.807, 2.05) is 0 Å². The van der Waals surface area contributed by atoms with Crippen LogP contribution in [0.3, 0.4) is 0 Å². The van der Waals surface area contributed by atoms with Gasteiger partial charge in [-0.1, -0.05) is 69.9 Å². The second-order valence-corrected chi connectivity index (χ2v) is 8.83. The predicted molar refractivity (Wildman–Crippen MR) is 103 cm³/mol. The maximum atomic E-state index is 3.96. The Balaban J connectivity index is 1.63. The van der Waals surface area contributed by atoms with Gasteiger partial charge in [0.15, 0.2) is 0 Å². The highest BCUT2D eigenvalue weighted by Crippen LogP contribution is 2.41. The fraction of sp³-hybridized carbons (Fsp3) is 0.750. The van der Waals surface area contributed by atoms with Gasteiger partial charge in [0.05, 0.1) is 0 Å². The SMILES string of the molecule is [c]1c(C2CCCCC2)cc(C2CCCCC2)cc1C1CCCCC1. The van der Waals surface area contributed by atoms with Crippen LogP contribution in [0.25, 0.3) is 0 Å². The van der Waals surface area contributed by atoms with Gasteiger partial charge in [-0.05, 0) is 79.0 Å². The second kappa shape index (κ2) is 8.07. The molecule has 0 saturated heterocycles. The van der Waals surface area contributed by atoms with E-state index in [1.54, 1.807) is 16.7 Å². The summed E-state index contributed by atoms with van der Waals surface area (Å²) in [5.74, 6) is 2.47. The minimum Gasteiger partial charge on any atom is -0.0546 e. The summed E-state index contributed by atoms with van der Waals surface area (Å²) in [5, 5.41) is 0. The third-order valence-electron chi connectivity index (χ3n) is 7.10. The molecule has 0 spiro atoms. The molecule has 0 amide bonds. The molecule has 3 aliphatic rings. The molecule has 0 bridgehead atoms. The van der Waals surface area contributed by atoms with Crippen molar-refractivity contribution in [2.45, 2.75) is 114 Å². The standard InChI is InChI=1S/C24H35/c1-4-10-19(11-5-1)22-16-23(20-12-6-2-7-13-20)18-24(17-22)21-14-8-3-9-15-21/h16-17,19-21H,1-15H2. The smallest absolute Gasteiger partial charge is 0.0108 e. The molecule has 1 aromatic rings. The van der Waals surface area contributed by atoms with Gasteiger partial charge in [-0.2, -0.15) is 0 Å². The van der Waals surface area contributed by atoms with Crippen molar-refractivity contribution in [3.63, 3.8) is 0 Å². The molecule has 3 fully saturated rings. The molecule has 0 aromatic heterocycles. The van der Waals surface area contributed by atoms with Gasteiger partial charge in [-0.3, -0.25) is 0 Å². The molecule has 0 nitrogen and oxygen atoms in total. The topological polar surface area (TPSA) is 0 Å². The van der Waals surface area contributed by atoms with Gasteiger partial charge >= 0.3 is 0 Å². The van der Waals surface area contributed by atoms with Crippen LogP contribution < -0.4 is 0 Å². The van der Waals surface area contributed by atoms with E-state index < -0.39 is 0 Å². The molecule has 0 aliphatic heterocycles. The summed E-state index contributed by atoms with van der Waals surface area (Å²) < 4.78 is 0. The third-order valence-corrected chi connectivity index (χ3v) is 7.10.